The molecule has 2 saturated heterocycles. The van der Waals surface area contributed by atoms with Crippen LogP contribution in [0.3, 0.4) is 0 Å². The minimum atomic E-state index is 0.752. The Morgan fingerprint density at radius 2 is 1.94 bits per heavy atom. The van der Waals surface area contributed by atoms with Crippen molar-refractivity contribution in [3.05, 3.63) is 0 Å². The lowest BCUT2D eigenvalue weighted by Gasteiger charge is -2.32. The molecule has 1 atom stereocenters. The Morgan fingerprint density at radius 3 is 2.61 bits per heavy atom. The molecule has 2 rings (SSSR count). The molecule has 0 N–H and O–H groups in total. The lowest BCUT2D eigenvalue weighted by molar-refractivity contribution is -0.108. The van der Waals surface area contributed by atoms with Crippen molar-refractivity contribution in [3.63, 3.8) is 0 Å². The summed E-state index contributed by atoms with van der Waals surface area (Å²) in [5, 5.41) is 0. The van der Waals surface area contributed by atoms with Crippen LogP contribution in [0, 0.1) is 11.8 Å². The summed E-state index contributed by atoms with van der Waals surface area (Å²) in [5.74, 6) is 1.69. The van der Waals surface area contributed by atoms with Gasteiger partial charge in [-0.15, -0.1) is 0 Å². The van der Waals surface area contributed by atoms with Gasteiger partial charge in [0.25, 0.3) is 0 Å². The van der Waals surface area contributed by atoms with Gasteiger partial charge in [-0.3, -0.25) is 0 Å². The second-order valence-corrected chi connectivity index (χ2v) is 5.90. The number of aldehydes is 1. The van der Waals surface area contributed by atoms with Crippen molar-refractivity contribution in [2.45, 2.75) is 44.9 Å². The average molecular weight is 253 g/mol. The zero-order valence-electron chi connectivity index (χ0n) is 11.5. The summed E-state index contributed by atoms with van der Waals surface area (Å²) in [4.78, 5) is 12.9. The molecule has 0 radical (unpaired) electrons. The monoisotopic (exact) mass is 253 g/mol. The topological polar surface area (TPSA) is 29.5 Å². The molecule has 0 bridgehead atoms. The van der Waals surface area contributed by atoms with Crippen molar-refractivity contribution < 1.29 is 9.53 Å². The van der Waals surface area contributed by atoms with Crippen molar-refractivity contribution in [1.29, 1.82) is 0 Å². The van der Waals surface area contributed by atoms with Gasteiger partial charge in [-0.2, -0.15) is 0 Å². The van der Waals surface area contributed by atoms with Crippen molar-refractivity contribution >= 4 is 6.29 Å². The van der Waals surface area contributed by atoms with Gasteiger partial charge >= 0.3 is 0 Å². The second-order valence-electron chi connectivity index (χ2n) is 5.90. The van der Waals surface area contributed by atoms with E-state index >= 15 is 0 Å². The Bertz CT molecular complexity index is 231. The maximum Gasteiger partial charge on any atom is 0.119 e. The standard InChI is InChI=1S/C15H27NO2/c17-11-2-1-3-14-4-8-16(9-5-14)10-6-15-7-12-18-13-15/h11,14-15H,1-10,12-13H2. The van der Waals surface area contributed by atoms with Crippen LogP contribution in [-0.2, 0) is 9.53 Å². The molecule has 1 unspecified atom stereocenters. The van der Waals surface area contributed by atoms with E-state index in [9.17, 15) is 4.79 Å². The molecule has 2 heterocycles. The smallest absolute Gasteiger partial charge is 0.119 e. The first-order valence-electron chi connectivity index (χ1n) is 7.62. The first-order chi connectivity index (χ1) is 8.88. The molecule has 0 aromatic carbocycles. The third-order valence-electron chi connectivity index (χ3n) is 4.52. The van der Waals surface area contributed by atoms with E-state index < -0.39 is 0 Å². The van der Waals surface area contributed by atoms with Crippen LogP contribution in [0.5, 0.6) is 0 Å². The molecule has 104 valence electrons. The molecule has 3 nitrogen and oxygen atoms in total. The maximum atomic E-state index is 10.3. The molecule has 0 aromatic rings. The largest absolute Gasteiger partial charge is 0.381 e. The van der Waals surface area contributed by atoms with Crippen LogP contribution in [0.25, 0.3) is 0 Å². The number of piperidine rings is 1. The summed E-state index contributed by atoms with van der Waals surface area (Å²) in [6, 6.07) is 0. The third kappa shape index (κ3) is 4.69. The third-order valence-corrected chi connectivity index (χ3v) is 4.52. The van der Waals surface area contributed by atoms with E-state index in [0.717, 1.165) is 44.2 Å². The molecule has 0 amide bonds. The fourth-order valence-electron chi connectivity index (χ4n) is 3.16. The van der Waals surface area contributed by atoms with Gasteiger partial charge in [-0.1, -0.05) is 0 Å². The van der Waals surface area contributed by atoms with Crippen molar-refractivity contribution in [2.24, 2.45) is 11.8 Å². The molecule has 2 fully saturated rings. The summed E-state index contributed by atoms with van der Waals surface area (Å²) in [6.07, 6.45) is 9.40. The van der Waals surface area contributed by atoms with Gasteiger partial charge in [-0.25, -0.2) is 0 Å². The highest BCUT2D eigenvalue weighted by Gasteiger charge is 2.21. The van der Waals surface area contributed by atoms with Gasteiger partial charge in [0, 0.05) is 19.6 Å². The number of nitrogens with zero attached hydrogens (tertiary/aromatic N) is 1. The van der Waals surface area contributed by atoms with Gasteiger partial charge in [0.2, 0.25) is 0 Å². The van der Waals surface area contributed by atoms with E-state index in [4.69, 9.17) is 4.74 Å². The zero-order valence-corrected chi connectivity index (χ0v) is 11.5. The molecule has 0 aliphatic carbocycles. The highest BCUT2D eigenvalue weighted by molar-refractivity contribution is 5.48. The Kier molecular flexibility index (Phi) is 6.15. The van der Waals surface area contributed by atoms with Crippen LogP contribution in [0.4, 0.5) is 0 Å². The maximum absolute atomic E-state index is 10.3. The van der Waals surface area contributed by atoms with Crippen molar-refractivity contribution in [2.75, 3.05) is 32.8 Å². The highest BCUT2D eigenvalue weighted by atomic mass is 16.5. The summed E-state index contributed by atoms with van der Waals surface area (Å²) < 4.78 is 5.42. The second kappa shape index (κ2) is 7.90. The number of unbranched alkanes of at least 4 members (excludes halogenated alkanes) is 1. The van der Waals surface area contributed by atoms with E-state index in [0.29, 0.717) is 0 Å². The van der Waals surface area contributed by atoms with Crippen molar-refractivity contribution in [1.82, 2.24) is 4.90 Å². The number of carbonyl (C=O) groups is 1. The van der Waals surface area contributed by atoms with Crippen LogP contribution < -0.4 is 0 Å². The van der Waals surface area contributed by atoms with Gasteiger partial charge in [0.05, 0.1) is 0 Å². The molecule has 0 spiro atoms. The SMILES string of the molecule is O=CCCCC1CCN(CCC2CCOC2)CC1. The Labute approximate surface area is 111 Å². The van der Waals surface area contributed by atoms with Crippen LogP contribution in [-0.4, -0.2) is 44.0 Å². The summed E-state index contributed by atoms with van der Waals surface area (Å²) in [6.45, 7) is 5.75. The minimum Gasteiger partial charge on any atom is -0.381 e. The van der Waals surface area contributed by atoms with Crippen LogP contribution in [0.1, 0.15) is 44.9 Å². The number of hydrogen-bond donors (Lipinski definition) is 0. The fourth-order valence-corrected chi connectivity index (χ4v) is 3.16. The van der Waals surface area contributed by atoms with Crippen LogP contribution in [0.15, 0.2) is 0 Å². The summed E-state index contributed by atoms with van der Waals surface area (Å²) in [5.41, 5.74) is 0. The van der Waals surface area contributed by atoms with Gasteiger partial charge < -0.3 is 14.4 Å². The molecule has 0 aromatic heterocycles. The van der Waals surface area contributed by atoms with E-state index in [2.05, 4.69) is 4.90 Å². The van der Waals surface area contributed by atoms with Crippen LogP contribution in [0.2, 0.25) is 0 Å². The number of likely N-dealkylation sites (tertiary alicyclic amines) is 1. The summed E-state index contributed by atoms with van der Waals surface area (Å²) >= 11 is 0. The molecule has 3 heteroatoms. The predicted octanol–water partition coefficient (Wildman–Crippen LogP) is 2.49. The van der Waals surface area contributed by atoms with Gasteiger partial charge in [-0.05, 0) is 70.0 Å². The average Bonchev–Trinajstić information content (AvgIpc) is 2.91. The molecular weight excluding hydrogens is 226 g/mol. The first kappa shape index (κ1) is 14.0. The van der Waals surface area contributed by atoms with E-state index in [-0.39, 0.29) is 0 Å². The molecule has 2 aliphatic rings. The molecular formula is C15H27NO2. The van der Waals surface area contributed by atoms with Crippen molar-refractivity contribution in [3.8, 4) is 0 Å². The molecule has 18 heavy (non-hydrogen) atoms. The van der Waals surface area contributed by atoms with Gasteiger partial charge in [0.15, 0.2) is 0 Å². The Hall–Kier alpha value is -0.410. The van der Waals surface area contributed by atoms with Gasteiger partial charge in [0.1, 0.15) is 6.29 Å². The van der Waals surface area contributed by atoms with E-state index in [1.165, 1.54) is 51.7 Å². The zero-order chi connectivity index (χ0) is 12.6. The quantitative estimate of drug-likeness (QED) is 0.516. The number of hydrogen-bond acceptors (Lipinski definition) is 3. The molecule has 2 aliphatic heterocycles. The first-order valence-corrected chi connectivity index (χ1v) is 7.62. The lowest BCUT2D eigenvalue weighted by atomic mass is 9.91. The van der Waals surface area contributed by atoms with E-state index in [1.807, 2.05) is 0 Å². The fraction of sp³-hybridized carbons (Fsp3) is 0.933. The van der Waals surface area contributed by atoms with Crippen LogP contribution >= 0.6 is 0 Å². The normalized spacial score (nSPS) is 26.6. The Morgan fingerprint density at radius 1 is 1.11 bits per heavy atom. The predicted molar refractivity (Wildman–Crippen MR) is 72.6 cm³/mol. The number of rotatable bonds is 7. The number of carbonyl (C=O) groups excluding carboxylic acids is 1. The lowest BCUT2D eigenvalue weighted by Crippen LogP contribution is -2.35. The molecule has 0 saturated carbocycles. The van der Waals surface area contributed by atoms with E-state index in [1.54, 1.807) is 0 Å². The Balaban J connectivity index is 1.53. The number of ether oxygens (including phenoxy) is 1. The minimum absolute atomic E-state index is 0.752. The summed E-state index contributed by atoms with van der Waals surface area (Å²) in [7, 11) is 0. The highest BCUT2D eigenvalue weighted by Crippen LogP contribution is 2.23.